The van der Waals surface area contributed by atoms with Gasteiger partial charge in [0.2, 0.25) is 5.96 Å². The van der Waals surface area contributed by atoms with Gasteiger partial charge >= 0.3 is 6.03 Å². The number of para-hydroxylation sites is 1. The number of fused-ring (bicyclic) bond motifs is 3. The fraction of sp³-hybridized carbons (Fsp3) is 0.522. The maximum atomic E-state index is 12.8. The van der Waals surface area contributed by atoms with Crippen LogP contribution in [0.3, 0.4) is 0 Å². The highest BCUT2D eigenvalue weighted by atomic mass is 16.2. The average molecular weight is 438 g/mol. The summed E-state index contributed by atoms with van der Waals surface area (Å²) in [7, 11) is 3.25. The monoisotopic (exact) mass is 437 g/mol. The minimum absolute atomic E-state index is 0.195. The molecule has 4 aliphatic heterocycles. The number of carbonyl (C=O) groups excluding carboxylic acids is 2. The van der Waals surface area contributed by atoms with Crippen molar-refractivity contribution in [2.45, 2.75) is 25.6 Å². The number of hydrogen-bond donors (Lipinski definition) is 0. The molecule has 2 fully saturated rings. The van der Waals surface area contributed by atoms with E-state index in [0.717, 1.165) is 57.3 Å². The van der Waals surface area contributed by atoms with Crippen molar-refractivity contribution in [3.8, 4) is 0 Å². The van der Waals surface area contributed by atoms with Gasteiger partial charge in [0, 0.05) is 64.4 Å². The zero-order chi connectivity index (χ0) is 22.4. The maximum absolute atomic E-state index is 12.8. The molecule has 0 bridgehead atoms. The average Bonchev–Trinajstić information content (AvgIpc) is 3.33. The molecule has 1 aromatic rings. The Morgan fingerprint density at radius 2 is 1.72 bits per heavy atom. The van der Waals surface area contributed by atoms with Gasteiger partial charge in [-0.3, -0.25) is 14.6 Å². The number of rotatable bonds is 5. The van der Waals surface area contributed by atoms with Gasteiger partial charge in [-0.2, -0.15) is 0 Å². The van der Waals surface area contributed by atoms with Crippen LogP contribution in [0.2, 0.25) is 0 Å². The fourth-order valence-electron chi connectivity index (χ4n) is 5.08. The Balaban J connectivity index is 1.16. The van der Waals surface area contributed by atoms with Crippen LogP contribution in [0.1, 0.15) is 13.3 Å². The molecule has 5 rings (SSSR count). The maximum Gasteiger partial charge on any atom is 0.328 e. The molecular weight excluding hydrogens is 406 g/mol. The lowest BCUT2D eigenvalue weighted by atomic mass is 10.1. The Morgan fingerprint density at radius 1 is 1.00 bits per heavy atom. The number of aliphatic imine (C=N–C) groups is 1. The van der Waals surface area contributed by atoms with Gasteiger partial charge in [0.25, 0.3) is 5.91 Å². The molecular formula is C23H31N7O2. The summed E-state index contributed by atoms with van der Waals surface area (Å²) in [5.74, 6) is 0.591. The number of likely N-dealkylation sites (N-methyl/N-ethyl adjacent to an activating group) is 2. The molecule has 170 valence electrons. The molecule has 4 aliphatic rings. The summed E-state index contributed by atoms with van der Waals surface area (Å²) in [6, 6.07) is 9.83. The quantitative estimate of drug-likeness (QED) is 0.691. The van der Waals surface area contributed by atoms with E-state index in [1.54, 1.807) is 11.9 Å². The predicted octanol–water partition coefficient (Wildman–Crippen LogP) is 1.27. The Kier molecular flexibility index (Phi) is 5.28. The van der Waals surface area contributed by atoms with Crippen LogP contribution < -0.4 is 4.90 Å². The number of anilines is 1. The van der Waals surface area contributed by atoms with E-state index in [-0.39, 0.29) is 11.9 Å². The number of carbonyl (C=O) groups is 2. The van der Waals surface area contributed by atoms with Gasteiger partial charge in [-0.1, -0.05) is 18.2 Å². The normalized spacial score (nSPS) is 25.9. The van der Waals surface area contributed by atoms with Crippen molar-refractivity contribution in [2.75, 3.05) is 58.3 Å². The van der Waals surface area contributed by atoms with Gasteiger partial charge < -0.3 is 19.6 Å². The van der Waals surface area contributed by atoms with Crippen molar-refractivity contribution < 1.29 is 9.59 Å². The van der Waals surface area contributed by atoms with E-state index < -0.39 is 12.2 Å². The summed E-state index contributed by atoms with van der Waals surface area (Å²) in [5.41, 5.74) is 2.39. The van der Waals surface area contributed by atoms with Crippen LogP contribution in [0.5, 0.6) is 0 Å². The van der Waals surface area contributed by atoms with Gasteiger partial charge in [0.05, 0.1) is 0 Å². The SMILES string of the molecule is CC1=CN2C(=NC3C2C(=O)N(C)C(=O)N3C)N1CCCN1CCN(c2ccccc2)CC1. The molecule has 0 saturated carbocycles. The number of allylic oxidation sites excluding steroid dienone is 1. The molecule has 1 aromatic carbocycles. The molecule has 0 N–H and O–H groups in total. The summed E-state index contributed by atoms with van der Waals surface area (Å²) in [5, 5.41) is 0. The smallest absolute Gasteiger partial charge is 0.328 e. The van der Waals surface area contributed by atoms with E-state index >= 15 is 0 Å². The number of imide groups is 1. The highest BCUT2D eigenvalue weighted by molar-refractivity contribution is 6.04. The fourth-order valence-corrected chi connectivity index (χ4v) is 5.08. The van der Waals surface area contributed by atoms with Crippen molar-refractivity contribution in [1.82, 2.24) is 24.5 Å². The van der Waals surface area contributed by atoms with Crippen molar-refractivity contribution in [2.24, 2.45) is 4.99 Å². The Morgan fingerprint density at radius 3 is 2.44 bits per heavy atom. The lowest BCUT2D eigenvalue weighted by molar-refractivity contribution is -0.135. The van der Waals surface area contributed by atoms with Gasteiger partial charge in [-0.25, -0.2) is 9.79 Å². The predicted molar refractivity (Wildman–Crippen MR) is 123 cm³/mol. The second-order valence-electron chi connectivity index (χ2n) is 8.93. The first-order valence-corrected chi connectivity index (χ1v) is 11.3. The van der Waals surface area contributed by atoms with Gasteiger partial charge in [-0.05, 0) is 32.0 Å². The number of urea groups is 1. The van der Waals surface area contributed by atoms with Crippen LogP contribution in [0.25, 0.3) is 0 Å². The highest BCUT2D eigenvalue weighted by Crippen LogP contribution is 2.33. The minimum atomic E-state index is -0.469. The summed E-state index contributed by atoms with van der Waals surface area (Å²) < 4.78 is 0. The third kappa shape index (κ3) is 3.40. The molecule has 3 amide bonds. The molecule has 4 heterocycles. The number of nitrogens with zero attached hydrogens (tertiary/aromatic N) is 7. The molecule has 0 aliphatic carbocycles. The van der Waals surface area contributed by atoms with Gasteiger partial charge in [0.1, 0.15) is 0 Å². The first-order valence-electron chi connectivity index (χ1n) is 11.3. The second-order valence-corrected chi connectivity index (χ2v) is 8.93. The van der Waals surface area contributed by atoms with E-state index in [1.165, 1.54) is 17.6 Å². The van der Waals surface area contributed by atoms with Gasteiger partial charge in [0.15, 0.2) is 12.2 Å². The number of hydrogen-bond acceptors (Lipinski definition) is 7. The minimum Gasteiger partial charge on any atom is -0.369 e. The highest BCUT2D eigenvalue weighted by Gasteiger charge is 2.53. The van der Waals surface area contributed by atoms with E-state index in [1.807, 2.05) is 11.1 Å². The van der Waals surface area contributed by atoms with Crippen LogP contribution in [0.4, 0.5) is 10.5 Å². The lowest BCUT2D eigenvalue weighted by Gasteiger charge is -2.38. The third-order valence-corrected chi connectivity index (χ3v) is 6.97. The van der Waals surface area contributed by atoms with E-state index in [2.05, 4.69) is 52.0 Å². The second kappa shape index (κ2) is 8.12. The van der Waals surface area contributed by atoms with Crippen LogP contribution in [0.15, 0.2) is 47.2 Å². The Labute approximate surface area is 189 Å². The van der Waals surface area contributed by atoms with E-state index in [9.17, 15) is 9.59 Å². The van der Waals surface area contributed by atoms with E-state index in [4.69, 9.17) is 4.99 Å². The van der Waals surface area contributed by atoms with Crippen molar-refractivity contribution in [1.29, 1.82) is 0 Å². The first-order chi connectivity index (χ1) is 15.5. The lowest BCUT2D eigenvalue weighted by Crippen LogP contribution is -2.63. The molecule has 0 aromatic heterocycles. The molecule has 0 radical (unpaired) electrons. The molecule has 2 atom stereocenters. The summed E-state index contributed by atoms with van der Waals surface area (Å²) >= 11 is 0. The summed E-state index contributed by atoms with van der Waals surface area (Å²) in [4.78, 5) is 41.7. The molecule has 32 heavy (non-hydrogen) atoms. The van der Waals surface area contributed by atoms with Crippen molar-refractivity contribution in [3.63, 3.8) is 0 Å². The standard InChI is InChI=1S/C23H31N7O2/c1-17-16-30-19-20(25(2)23(32)26(3)21(19)31)24-22(30)29(17)11-7-10-27-12-14-28(15-13-27)18-8-5-4-6-9-18/h4-6,8-9,16,19-20H,7,10-15H2,1-3H3. The van der Waals surface area contributed by atoms with Crippen molar-refractivity contribution >= 4 is 23.6 Å². The van der Waals surface area contributed by atoms with Crippen LogP contribution >= 0.6 is 0 Å². The van der Waals surface area contributed by atoms with Crippen molar-refractivity contribution in [3.05, 3.63) is 42.2 Å². The number of benzene rings is 1. The Hall–Kier alpha value is -3.07. The van der Waals surface area contributed by atoms with E-state index in [0.29, 0.717) is 0 Å². The van der Waals surface area contributed by atoms with Gasteiger partial charge in [-0.15, -0.1) is 0 Å². The third-order valence-electron chi connectivity index (χ3n) is 6.97. The van der Waals surface area contributed by atoms with Crippen LogP contribution in [0, 0.1) is 0 Å². The van der Waals surface area contributed by atoms with Crippen LogP contribution in [-0.4, -0.2) is 108 Å². The first kappa shape index (κ1) is 20.8. The number of guanidine groups is 1. The molecule has 9 heteroatoms. The Bertz CT molecular complexity index is 954. The zero-order valence-corrected chi connectivity index (χ0v) is 19.0. The largest absolute Gasteiger partial charge is 0.369 e. The molecule has 2 saturated heterocycles. The zero-order valence-electron chi connectivity index (χ0n) is 19.0. The van der Waals surface area contributed by atoms with Crippen LogP contribution in [-0.2, 0) is 4.79 Å². The summed E-state index contributed by atoms with van der Waals surface area (Å²) in [6.07, 6.45) is 2.55. The number of piperazine rings is 1. The summed E-state index contributed by atoms with van der Waals surface area (Å²) in [6.45, 7) is 8.16. The molecule has 9 nitrogen and oxygen atoms in total. The molecule has 2 unspecified atom stereocenters. The number of amides is 3. The molecule has 0 spiro atoms. The topological polar surface area (TPSA) is 65.9 Å².